The number of carbonyl (C=O) groups excluding carboxylic acids is 3. The van der Waals surface area contributed by atoms with E-state index in [9.17, 15) is 29.7 Å². The molecule has 0 aliphatic rings. The van der Waals surface area contributed by atoms with Crippen LogP contribution >= 0.6 is 0 Å². The Morgan fingerprint density at radius 2 is 1.66 bits per heavy atom. The van der Waals surface area contributed by atoms with Crippen molar-refractivity contribution in [2.24, 2.45) is 0 Å². The summed E-state index contributed by atoms with van der Waals surface area (Å²) in [5.41, 5.74) is 0.976. The molecule has 2 unspecified atom stereocenters. The summed E-state index contributed by atoms with van der Waals surface area (Å²) >= 11 is 0. The van der Waals surface area contributed by atoms with Gasteiger partial charge >= 0.3 is 0 Å². The maximum atomic E-state index is 12.2. The Bertz CT molecular complexity index is 869. The van der Waals surface area contributed by atoms with E-state index in [1.165, 1.54) is 43.4 Å². The first-order valence-corrected chi connectivity index (χ1v) is 8.85. The van der Waals surface area contributed by atoms with Crippen LogP contribution in [0, 0.1) is 0 Å². The maximum Gasteiger partial charge on any atom is 0.253 e. The standard InChI is InChI=1S/C20H23N3O6/c1-21-19(28)16(9-12-5-7-14(24)8-6-12)23-18(27)11-17(26)20(29)22-13-3-2-4-15(25)10-13/h2-8,10,16-17,24-26H,9,11H2,1H3,(H,21,28)(H,22,29)(H,23,27). The topological polar surface area (TPSA) is 148 Å². The summed E-state index contributed by atoms with van der Waals surface area (Å²) in [6.45, 7) is 0. The van der Waals surface area contributed by atoms with Crippen LogP contribution < -0.4 is 16.0 Å². The molecule has 2 aromatic carbocycles. The number of hydrogen-bond acceptors (Lipinski definition) is 6. The molecule has 6 N–H and O–H groups in total. The van der Waals surface area contributed by atoms with Crippen molar-refractivity contribution in [1.29, 1.82) is 0 Å². The zero-order valence-electron chi connectivity index (χ0n) is 15.8. The molecule has 9 heteroatoms. The van der Waals surface area contributed by atoms with Crippen molar-refractivity contribution in [3.8, 4) is 11.5 Å². The molecule has 0 heterocycles. The maximum absolute atomic E-state index is 12.2. The first kappa shape index (κ1) is 21.7. The van der Waals surface area contributed by atoms with E-state index in [0.29, 0.717) is 5.56 Å². The van der Waals surface area contributed by atoms with Gasteiger partial charge in [0.05, 0.1) is 6.42 Å². The lowest BCUT2D eigenvalue weighted by Gasteiger charge is -2.18. The van der Waals surface area contributed by atoms with Crippen LogP contribution in [0.1, 0.15) is 12.0 Å². The summed E-state index contributed by atoms with van der Waals surface area (Å²) < 4.78 is 0. The highest BCUT2D eigenvalue weighted by atomic mass is 16.3. The summed E-state index contributed by atoms with van der Waals surface area (Å²) in [5.74, 6) is -1.92. The van der Waals surface area contributed by atoms with E-state index < -0.39 is 36.3 Å². The minimum atomic E-state index is -1.64. The minimum absolute atomic E-state index is 0.0577. The Labute approximate surface area is 167 Å². The number of nitrogens with one attached hydrogen (secondary N) is 3. The van der Waals surface area contributed by atoms with E-state index in [2.05, 4.69) is 16.0 Å². The number of amides is 3. The quantitative estimate of drug-likeness (QED) is 0.374. The predicted octanol–water partition coefficient (Wildman–Crippen LogP) is 0.261. The van der Waals surface area contributed by atoms with Crippen molar-refractivity contribution in [3.05, 3.63) is 54.1 Å². The van der Waals surface area contributed by atoms with Crippen LogP contribution in [0.4, 0.5) is 5.69 Å². The van der Waals surface area contributed by atoms with Gasteiger partial charge in [-0.1, -0.05) is 18.2 Å². The molecule has 0 aliphatic heterocycles. The second-order valence-electron chi connectivity index (χ2n) is 6.36. The number of phenolic OH excluding ortho intramolecular Hbond substituents is 2. The summed E-state index contributed by atoms with van der Waals surface area (Å²) in [7, 11) is 1.43. The fraction of sp³-hybridized carbons (Fsp3) is 0.250. The van der Waals surface area contributed by atoms with Crippen LogP contribution in [0.3, 0.4) is 0 Å². The molecule has 0 bridgehead atoms. The predicted molar refractivity (Wildman–Crippen MR) is 105 cm³/mol. The SMILES string of the molecule is CNC(=O)C(Cc1ccc(O)cc1)NC(=O)CC(O)C(=O)Nc1cccc(O)c1. The van der Waals surface area contributed by atoms with E-state index in [1.54, 1.807) is 12.1 Å². The fourth-order valence-corrected chi connectivity index (χ4v) is 2.58. The van der Waals surface area contributed by atoms with Crippen molar-refractivity contribution >= 4 is 23.4 Å². The van der Waals surface area contributed by atoms with Gasteiger partial charge in [-0.15, -0.1) is 0 Å². The number of phenols is 2. The molecule has 0 saturated heterocycles. The van der Waals surface area contributed by atoms with Crippen molar-refractivity contribution in [3.63, 3.8) is 0 Å². The van der Waals surface area contributed by atoms with E-state index in [4.69, 9.17) is 0 Å². The highest BCUT2D eigenvalue weighted by Crippen LogP contribution is 2.16. The molecule has 2 atom stereocenters. The number of carbonyl (C=O) groups is 3. The molecular weight excluding hydrogens is 378 g/mol. The van der Waals surface area contributed by atoms with Gasteiger partial charge in [-0.05, 0) is 29.8 Å². The van der Waals surface area contributed by atoms with Gasteiger partial charge in [0.2, 0.25) is 11.8 Å². The van der Waals surface area contributed by atoms with Crippen molar-refractivity contribution in [2.75, 3.05) is 12.4 Å². The van der Waals surface area contributed by atoms with Crippen molar-refractivity contribution in [2.45, 2.75) is 25.0 Å². The highest BCUT2D eigenvalue weighted by Gasteiger charge is 2.24. The van der Waals surface area contributed by atoms with Gasteiger partial charge < -0.3 is 31.3 Å². The number of rotatable bonds is 8. The summed E-state index contributed by atoms with van der Waals surface area (Å²) in [6, 6.07) is 11.0. The van der Waals surface area contributed by atoms with Gasteiger partial charge in [0.25, 0.3) is 5.91 Å². The van der Waals surface area contributed by atoms with Gasteiger partial charge in [0, 0.05) is 25.2 Å². The number of aliphatic hydroxyl groups excluding tert-OH is 1. The third-order valence-electron chi connectivity index (χ3n) is 4.07. The lowest BCUT2D eigenvalue weighted by molar-refractivity contribution is -0.133. The number of anilines is 1. The Morgan fingerprint density at radius 3 is 2.28 bits per heavy atom. The molecule has 0 fully saturated rings. The second-order valence-corrected chi connectivity index (χ2v) is 6.36. The third kappa shape index (κ3) is 6.82. The Hall–Kier alpha value is -3.59. The normalized spacial score (nSPS) is 12.5. The number of likely N-dealkylation sites (N-methyl/N-ethyl adjacent to an activating group) is 1. The summed E-state index contributed by atoms with van der Waals surface area (Å²) in [5, 5.41) is 36.0. The van der Waals surface area contributed by atoms with Crippen LogP contribution in [0.2, 0.25) is 0 Å². The summed E-state index contributed by atoms with van der Waals surface area (Å²) in [4.78, 5) is 36.3. The van der Waals surface area contributed by atoms with Crippen LogP contribution in [-0.4, -0.2) is 52.2 Å². The van der Waals surface area contributed by atoms with Crippen LogP contribution in [0.25, 0.3) is 0 Å². The van der Waals surface area contributed by atoms with Crippen LogP contribution in [-0.2, 0) is 20.8 Å². The number of benzene rings is 2. The van der Waals surface area contributed by atoms with E-state index in [-0.39, 0.29) is 23.6 Å². The lowest BCUT2D eigenvalue weighted by Crippen LogP contribution is -2.48. The molecule has 2 aromatic rings. The monoisotopic (exact) mass is 401 g/mol. The van der Waals surface area contributed by atoms with E-state index in [1.807, 2.05) is 0 Å². The average molecular weight is 401 g/mol. The van der Waals surface area contributed by atoms with Gasteiger partial charge in [-0.3, -0.25) is 14.4 Å². The minimum Gasteiger partial charge on any atom is -0.508 e. The van der Waals surface area contributed by atoms with E-state index >= 15 is 0 Å². The molecule has 0 radical (unpaired) electrons. The molecule has 154 valence electrons. The molecule has 29 heavy (non-hydrogen) atoms. The second kappa shape index (κ2) is 10.1. The Kier molecular flexibility index (Phi) is 7.55. The zero-order chi connectivity index (χ0) is 21.4. The molecule has 0 aromatic heterocycles. The first-order valence-electron chi connectivity index (χ1n) is 8.85. The molecule has 9 nitrogen and oxygen atoms in total. The molecule has 2 rings (SSSR count). The molecule has 3 amide bonds. The van der Waals surface area contributed by atoms with Crippen molar-refractivity contribution < 1.29 is 29.7 Å². The van der Waals surface area contributed by atoms with Gasteiger partial charge in [0.1, 0.15) is 23.6 Å². The van der Waals surface area contributed by atoms with Gasteiger partial charge in [-0.2, -0.15) is 0 Å². The van der Waals surface area contributed by atoms with Gasteiger partial charge in [-0.25, -0.2) is 0 Å². The smallest absolute Gasteiger partial charge is 0.253 e. The zero-order valence-corrected chi connectivity index (χ0v) is 15.8. The molecular formula is C20H23N3O6. The summed E-state index contributed by atoms with van der Waals surface area (Å²) in [6.07, 6.45) is -2.03. The Balaban J connectivity index is 1.94. The molecule has 0 saturated carbocycles. The number of hydrogen-bond donors (Lipinski definition) is 6. The molecule has 0 spiro atoms. The van der Waals surface area contributed by atoms with Crippen molar-refractivity contribution in [1.82, 2.24) is 10.6 Å². The first-order chi connectivity index (χ1) is 13.8. The Morgan fingerprint density at radius 1 is 0.966 bits per heavy atom. The number of aliphatic hydroxyl groups is 1. The lowest BCUT2D eigenvalue weighted by atomic mass is 10.0. The largest absolute Gasteiger partial charge is 0.508 e. The van der Waals surface area contributed by atoms with Crippen LogP contribution in [0.5, 0.6) is 11.5 Å². The fourth-order valence-electron chi connectivity index (χ4n) is 2.58. The van der Waals surface area contributed by atoms with Gasteiger partial charge in [0.15, 0.2) is 0 Å². The number of aromatic hydroxyl groups is 2. The molecule has 0 aliphatic carbocycles. The van der Waals surface area contributed by atoms with Crippen LogP contribution in [0.15, 0.2) is 48.5 Å². The van der Waals surface area contributed by atoms with E-state index in [0.717, 1.165) is 0 Å². The third-order valence-corrected chi connectivity index (χ3v) is 4.07. The average Bonchev–Trinajstić information content (AvgIpc) is 2.68. The highest BCUT2D eigenvalue weighted by molar-refractivity contribution is 5.97.